The third kappa shape index (κ3) is 2.44. The van der Waals surface area contributed by atoms with Gasteiger partial charge in [0.15, 0.2) is 0 Å². The van der Waals surface area contributed by atoms with Gasteiger partial charge in [-0.25, -0.2) is 0 Å². The first-order valence-corrected chi connectivity index (χ1v) is 6.43. The lowest BCUT2D eigenvalue weighted by molar-refractivity contribution is 0.678. The van der Waals surface area contributed by atoms with Gasteiger partial charge in [-0.1, -0.05) is 31.2 Å². The number of aryl methyl sites for hydroxylation is 2. The smallest absolute Gasteiger partial charge is 0.0580 e. The number of hydrogen-bond donors (Lipinski definition) is 1. The Kier molecular flexibility index (Phi) is 4.11. The molecular weight excluding hydrogens is 220 g/mol. The van der Waals surface area contributed by atoms with E-state index >= 15 is 0 Å². The highest BCUT2D eigenvalue weighted by molar-refractivity contribution is 5.39. The van der Waals surface area contributed by atoms with Crippen LogP contribution in [0.3, 0.4) is 0 Å². The van der Waals surface area contributed by atoms with Crippen LogP contribution in [0.25, 0.3) is 0 Å². The summed E-state index contributed by atoms with van der Waals surface area (Å²) in [7, 11) is 2.01. The topological polar surface area (TPSA) is 24.9 Å². The summed E-state index contributed by atoms with van der Waals surface area (Å²) in [6, 6.07) is 10.9. The molecule has 1 aromatic heterocycles. The predicted molar refractivity (Wildman–Crippen MR) is 75.7 cm³/mol. The zero-order valence-corrected chi connectivity index (χ0v) is 11.3. The predicted octanol–water partition coefficient (Wildman–Crippen LogP) is 3.26. The summed E-state index contributed by atoms with van der Waals surface area (Å²) in [6.07, 6.45) is 4.85. The fraction of sp³-hybridized carbons (Fsp3) is 0.312. The molecule has 2 nitrogen and oxygen atoms in total. The van der Waals surface area contributed by atoms with Gasteiger partial charge in [0.1, 0.15) is 0 Å². The van der Waals surface area contributed by atoms with E-state index in [1.165, 1.54) is 22.3 Å². The molecule has 2 aromatic rings. The first-order valence-electron chi connectivity index (χ1n) is 6.43. The van der Waals surface area contributed by atoms with Crippen molar-refractivity contribution in [2.24, 2.45) is 0 Å². The van der Waals surface area contributed by atoms with Gasteiger partial charge in [0.25, 0.3) is 0 Å². The minimum absolute atomic E-state index is 0.240. The monoisotopic (exact) mass is 240 g/mol. The normalized spacial score (nSPS) is 12.4. The molecule has 1 N–H and O–H groups in total. The third-order valence-corrected chi connectivity index (χ3v) is 3.42. The molecule has 0 fully saturated rings. The molecule has 2 rings (SSSR count). The zero-order chi connectivity index (χ0) is 13.0. The number of hydrogen-bond acceptors (Lipinski definition) is 2. The Morgan fingerprint density at radius 2 is 1.94 bits per heavy atom. The number of aromatic nitrogens is 1. The highest BCUT2D eigenvalue weighted by Gasteiger charge is 2.16. The van der Waals surface area contributed by atoms with Gasteiger partial charge in [-0.2, -0.15) is 0 Å². The molecule has 2 heteroatoms. The van der Waals surface area contributed by atoms with Crippen LogP contribution in [0.2, 0.25) is 0 Å². The van der Waals surface area contributed by atoms with Crippen LogP contribution < -0.4 is 5.32 Å². The van der Waals surface area contributed by atoms with Crippen molar-refractivity contribution in [3.8, 4) is 0 Å². The van der Waals surface area contributed by atoms with Crippen molar-refractivity contribution in [1.29, 1.82) is 0 Å². The molecule has 0 saturated carbocycles. The van der Waals surface area contributed by atoms with Crippen LogP contribution in [0.4, 0.5) is 0 Å². The van der Waals surface area contributed by atoms with Crippen molar-refractivity contribution in [3.05, 3.63) is 65.0 Å². The third-order valence-electron chi connectivity index (χ3n) is 3.42. The quantitative estimate of drug-likeness (QED) is 0.887. The second-order valence-electron chi connectivity index (χ2n) is 4.51. The molecular formula is C16H20N2. The Balaban J connectivity index is 2.49. The van der Waals surface area contributed by atoms with Crippen molar-refractivity contribution < 1.29 is 0 Å². The van der Waals surface area contributed by atoms with Crippen LogP contribution in [-0.2, 0) is 6.42 Å². The second-order valence-corrected chi connectivity index (χ2v) is 4.51. The second kappa shape index (κ2) is 5.78. The van der Waals surface area contributed by atoms with E-state index < -0.39 is 0 Å². The lowest BCUT2D eigenvalue weighted by Gasteiger charge is -2.21. The summed E-state index contributed by atoms with van der Waals surface area (Å²) in [6.45, 7) is 4.33. The molecule has 0 aliphatic carbocycles. The molecule has 0 amide bonds. The van der Waals surface area contributed by atoms with Gasteiger partial charge in [-0.15, -0.1) is 0 Å². The average molecular weight is 240 g/mol. The molecule has 1 atom stereocenters. The van der Waals surface area contributed by atoms with Gasteiger partial charge in [0.2, 0.25) is 0 Å². The van der Waals surface area contributed by atoms with Gasteiger partial charge in [-0.3, -0.25) is 4.98 Å². The van der Waals surface area contributed by atoms with Crippen molar-refractivity contribution in [3.63, 3.8) is 0 Å². The summed E-state index contributed by atoms with van der Waals surface area (Å²) in [5.41, 5.74) is 5.28. The highest BCUT2D eigenvalue weighted by Crippen LogP contribution is 2.26. The lowest BCUT2D eigenvalue weighted by Crippen LogP contribution is -2.20. The van der Waals surface area contributed by atoms with Gasteiger partial charge >= 0.3 is 0 Å². The van der Waals surface area contributed by atoms with E-state index in [0.29, 0.717) is 0 Å². The molecule has 0 aliphatic heterocycles. The Morgan fingerprint density at radius 3 is 2.61 bits per heavy atom. The SMILES string of the molecule is CCc1cnccc1C(NC)c1ccccc1C. The zero-order valence-electron chi connectivity index (χ0n) is 11.3. The molecule has 1 heterocycles. The minimum atomic E-state index is 0.240. The van der Waals surface area contributed by atoms with E-state index in [1.807, 2.05) is 19.4 Å². The van der Waals surface area contributed by atoms with E-state index in [1.54, 1.807) is 0 Å². The van der Waals surface area contributed by atoms with Crippen molar-refractivity contribution in [2.45, 2.75) is 26.3 Å². The fourth-order valence-electron chi connectivity index (χ4n) is 2.40. The van der Waals surface area contributed by atoms with Gasteiger partial charge in [0, 0.05) is 12.4 Å². The molecule has 18 heavy (non-hydrogen) atoms. The Labute approximate surface area is 109 Å². The molecule has 0 bridgehead atoms. The number of rotatable bonds is 4. The van der Waals surface area contributed by atoms with Gasteiger partial charge in [0.05, 0.1) is 6.04 Å². The van der Waals surface area contributed by atoms with Crippen LogP contribution in [0.1, 0.15) is 35.2 Å². The maximum absolute atomic E-state index is 4.22. The number of benzene rings is 1. The van der Waals surface area contributed by atoms with Crippen molar-refractivity contribution in [2.75, 3.05) is 7.05 Å². The summed E-state index contributed by atoms with van der Waals surface area (Å²) >= 11 is 0. The number of nitrogens with one attached hydrogen (secondary N) is 1. The number of nitrogens with zero attached hydrogens (tertiary/aromatic N) is 1. The van der Waals surface area contributed by atoms with E-state index in [0.717, 1.165) is 6.42 Å². The van der Waals surface area contributed by atoms with Gasteiger partial charge in [-0.05, 0) is 48.7 Å². The van der Waals surface area contributed by atoms with Crippen LogP contribution >= 0.6 is 0 Å². The van der Waals surface area contributed by atoms with E-state index in [-0.39, 0.29) is 6.04 Å². The Hall–Kier alpha value is -1.67. The molecule has 0 radical (unpaired) electrons. The van der Waals surface area contributed by atoms with Crippen LogP contribution in [0.15, 0.2) is 42.7 Å². The largest absolute Gasteiger partial charge is 0.309 e. The number of pyridine rings is 1. The van der Waals surface area contributed by atoms with E-state index in [9.17, 15) is 0 Å². The first-order chi connectivity index (χ1) is 8.77. The summed E-state index contributed by atoms with van der Waals surface area (Å²) in [5.74, 6) is 0. The Bertz CT molecular complexity index is 520. The van der Waals surface area contributed by atoms with Crippen LogP contribution in [0, 0.1) is 6.92 Å². The highest BCUT2D eigenvalue weighted by atomic mass is 14.9. The van der Waals surface area contributed by atoms with Crippen LogP contribution in [0.5, 0.6) is 0 Å². The molecule has 1 aromatic carbocycles. The maximum atomic E-state index is 4.22. The van der Waals surface area contributed by atoms with E-state index in [4.69, 9.17) is 0 Å². The van der Waals surface area contributed by atoms with Gasteiger partial charge < -0.3 is 5.32 Å². The molecule has 0 spiro atoms. The van der Waals surface area contributed by atoms with Crippen LogP contribution in [-0.4, -0.2) is 12.0 Å². The van der Waals surface area contributed by atoms with E-state index in [2.05, 4.69) is 54.5 Å². The summed E-state index contributed by atoms with van der Waals surface area (Å²) in [4.78, 5) is 4.22. The molecule has 0 aliphatic rings. The maximum Gasteiger partial charge on any atom is 0.0580 e. The van der Waals surface area contributed by atoms with Crippen molar-refractivity contribution >= 4 is 0 Å². The first kappa shape index (κ1) is 12.8. The average Bonchev–Trinajstić information content (AvgIpc) is 2.42. The minimum Gasteiger partial charge on any atom is -0.309 e. The Morgan fingerprint density at radius 1 is 1.17 bits per heavy atom. The summed E-state index contributed by atoms with van der Waals surface area (Å²) in [5, 5.41) is 3.42. The molecule has 94 valence electrons. The standard InChI is InChI=1S/C16H20N2/c1-4-13-11-18-10-9-15(13)16(17-3)14-8-6-5-7-12(14)2/h5-11,16-17H,4H2,1-3H3. The lowest BCUT2D eigenvalue weighted by atomic mass is 9.92. The fourth-order valence-corrected chi connectivity index (χ4v) is 2.40. The van der Waals surface area contributed by atoms with Crippen molar-refractivity contribution in [1.82, 2.24) is 10.3 Å². The molecule has 0 saturated heterocycles. The molecule has 1 unspecified atom stereocenters. The summed E-state index contributed by atoms with van der Waals surface area (Å²) < 4.78 is 0.